The molecular weight excluding hydrogens is 348 g/mol. The van der Waals surface area contributed by atoms with Gasteiger partial charge in [-0.1, -0.05) is 0 Å². The Hall–Kier alpha value is -2.57. The second-order valence-electron chi connectivity index (χ2n) is 7.60. The SMILES string of the molecule is CC(=O)c1cc2c(cc1NC(=O)CC1CCN(C(=O)C3CC3)CC1)OCO2. The van der Waals surface area contributed by atoms with Gasteiger partial charge >= 0.3 is 0 Å². The number of ketones is 1. The summed E-state index contributed by atoms with van der Waals surface area (Å²) in [5.41, 5.74) is 0.871. The van der Waals surface area contributed by atoms with E-state index >= 15 is 0 Å². The summed E-state index contributed by atoms with van der Waals surface area (Å²) in [6, 6.07) is 3.26. The Morgan fingerprint density at radius 1 is 1.07 bits per heavy atom. The molecule has 1 aromatic rings. The number of nitrogens with one attached hydrogen (secondary N) is 1. The van der Waals surface area contributed by atoms with Crippen molar-refractivity contribution in [2.45, 2.75) is 39.0 Å². The number of nitrogens with zero attached hydrogens (tertiary/aromatic N) is 1. The van der Waals surface area contributed by atoms with E-state index in [9.17, 15) is 14.4 Å². The standard InChI is InChI=1S/C20H24N2O5/c1-12(23)15-9-17-18(27-11-26-17)10-16(15)21-19(24)8-13-4-6-22(7-5-13)20(25)14-2-3-14/h9-10,13-14H,2-8,11H2,1H3,(H,21,24). The van der Waals surface area contributed by atoms with Crippen molar-refractivity contribution in [1.29, 1.82) is 0 Å². The molecule has 3 aliphatic rings. The quantitative estimate of drug-likeness (QED) is 0.803. The van der Waals surface area contributed by atoms with Crippen molar-refractivity contribution >= 4 is 23.3 Å². The van der Waals surface area contributed by atoms with Crippen LogP contribution in [0.5, 0.6) is 11.5 Å². The molecule has 4 rings (SSSR count). The number of benzene rings is 1. The second-order valence-corrected chi connectivity index (χ2v) is 7.60. The van der Waals surface area contributed by atoms with Crippen molar-refractivity contribution in [3.8, 4) is 11.5 Å². The minimum atomic E-state index is -0.143. The minimum absolute atomic E-state index is 0.113. The fourth-order valence-electron chi connectivity index (χ4n) is 3.75. The second kappa shape index (κ2) is 7.21. The molecule has 0 aromatic heterocycles. The number of carbonyl (C=O) groups excluding carboxylic acids is 3. The van der Waals surface area contributed by atoms with Gasteiger partial charge in [0.2, 0.25) is 18.6 Å². The summed E-state index contributed by atoms with van der Waals surface area (Å²) in [5.74, 6) is 1.57. The van der Waals surface area contributed by atoms with Crippen molar-refractivity contribution in [1.82, 2.24) is 4.90 Å². The van der Waals surface area contributed by atoms with Gasteiger partial charge < -0.3 is 19.7 Å². The first-order valence-electron chi connectivity index (χ1n) is 9.54. The van der Waals surface area contributed by atoms with Gasteiger partial charge in [0.25, 0.3) is 0 Å². The lowest BCUT2D eigenvalue weighted by Crippen LogP contribution is -2.40. The summed E-state index contributed by atoms with van der Waals surface area (Å²) in [6.07, 6.45) is 4.11. The predicted octanol–water partition coefficient (Wildman–Crippen LogP) is 2.60. The van der Waals surface area contributed by atoms with E-state index in [2.05, 4.69) is 5.32 Å². The highest BCUT2D eigenvalue weighted by Gasteiger charge is 2.35. The van der Waals surface area contributed by atoms with E-state index in [1.807, 2.05) is 4.90 Å². The van der Waals surface area contributed by atoms with Gasteiger partial charge in [0.1, 0.15) is 0 Å². The van der Waals surface area contributed by atoms with Gasteiger partial charge in [0, 0.05) is 37.1 Å². The fourth-order valence-corrected chi connectivity index (χ4v) is 3.75. The highest BCUT2D eigenvalue weighted by atomic mass is 16.7. The smallest absolute Gasteiger partial charge is 0.231 e. The molecule has 0 bridgehead atoms. The maximum absolute atomic E-state index is 12.5. The lowest BCUT2D eigenvalue weighted by molar-refractivity contribution is -0.134. The summed E-state index contributed by atoms with van der Waals surface area (Å²) < 4.78 is 10.6. The highest BCUT2D eigenvalue weighted by molar-refractivity contribution is 6.04. The molecule has 0 unspecified atom stereocenters. The first kappa shape index (κ1) is 17.8. The van der Waals surface area contributed by atoms with Crippen LogP contribution in [0.25, 0.3) is 0 Å². The first-order chi connectivity index (χ1) is 13.0. The minimum Gasteiger partial charge on any atom is -0.454 e. The summed E-state index contributed by atoms with van der Waals surface area (Å²) in [4.78, 5) is 38.5. The number of Topliss-reactive ketones (excluding diaryl/α,β-unsaturated/α-hetero) is 1. The number of ether oxygens (including phenoxy) is 2. The third kappa shape index (κ3) is 3.91. The van der Waals surface area contributed by atoms with E-state index in [4.69, 9.17) is 9.47 Å². The van der Waals surface area contributed by atoms with Crippen LogP contribution in [-0.4, -0.2) is 42.4 Å². The average Bonchev–Trinajstić information content (AvgIpc) is 3.39. The Balaban J connectivity index is 1.35. The summed E-state index contributed by atoms with van der Waals surface area (Å²) in [6.45, 7) is 3.04. The van der Waals surface area contributed by atoms with Crippen molar-refractivity contribution in [2.75, 3.05) is 25.2 Å². The van der Waals surface area contributed by atoms with Crippen LogP contribution in [0.2, 0.25) is 0 Å². The van der Waals surface area contributed by atoms with Crippen LogP contribution in [-0.2, 0) is 9.59 Å². The molecule has 7 nitrogen and oxygen atoms in total. The number of fused-ring (bicyclic) bond motifs is 1. The Morgan fingerprint density at radius 3 is 2.37 bits per heavy atom. The molecule has 27 heavy (non-hydrogen) atoms. The number of anilines is 1. The maximum Gasteiger partial charge on any atom is 0.231 e. The maximum atomic E-state index is 12.5. The van der Waals surface area contributed by atoms with Crippen LogP contribution in [0.4, 0.5) is 5.69 Å². The van der Waals surface area contributed by atoms with Crippen molar-refractivity contribution in [3.63, 3.8) is 0 Å². The predicted molar refractivity (Wildman–Crippen MR) is 97.8 cm³/mol. The number of amides is 2. The molecule has 0 atom stereocenters. The number of piperidine rings is 1. The molecule has 0 radical (unpaired) electrons. The summed E-state index contributed by atoms with van der Waals surface area (Å²) >= 11 is 0. The van der Waals surface area contributed by atoms with Crippen LogP contribution >= 0.6 is 0 Å². The molecule has 1 N–H and O–H groups in total. The number of hydrogen-bond acceptors (Lipinski definition) is 5. The first-order valence-corrected chi connectivity index (χ1v) is 9.54. The zero-order valence-corrected chi connectivity index (χ0v) is 15.5. The van der Waals surface area contributed by atoms with Gasteiger partial charge in [-0.2, -0.15) is 0 Å². The van der Waals surface area contributed by atoms with Crippen LogP contribution in [0.1, 0.15) is 49.4 Å². The van der Waals surface area contributed by atoms with Crippen molar-refractivity contribution < 1.29 is 23.9 Å². The molecule has 1 saturated heterocycles. The van der Waals surface area contributed by atoms with E-state index < -0.39 is 0 Å². The Labute approximate surface area is 158 Å². The molecule has 1 aromatic carbocycles. The van der Waals surface area contributed by atoms with Gasteiger partial charge in [-0.15, -0.1) is 0 Å². The van der Waals surface area contributed by atoms with Gasteiger partial charge in [0.05, 0.1) is 5.69 Å². The average molecular weight is 372 g/mol. The van der Waals surface area contributed by atoms with Gasteiger partial charge in [0.15, 0.2) is 17.3 Å². The Morgan fingerprint density at radius 2 is 1.74 bits per heavy atom. The van der Waals surface area contributed by atoms with Crippen LogP contribution < -0.4 is 14.8 Å². The molecule has 7 heteroatoms. The largest absolute Gasteiger partial charge is 0.454 e. The van der Waals surface area contributed by atoms with Crippen LogP contribution in [0.15, 0.2) is 12.1 Å². The molecule has 2 heterocycles. The van der Waals surface area contributed by atoms with Crippen molar-refractivity contribution in [3.05, 3.63) is 17.7 Å². The number of likely N-dealkylation sites (tertiary alicyclic amines) is 1. The van der Waals surface area contributed by atoms with Crippen LogP contribution in [0, 0.1) is 11.8 Å². The lowest BCUT2D eigenvalue weighted by Gasteiger charge is -2.32. The van der Waals surface area contributed by atoms with Crippen molar-refractivity contribution in [2.24, 2.45) is 11.8 Å². The molecule has 0 spiro atoms. The Bertz CT molecular complexity index is 779. The molecule has 1 aliphatic carbocycles. The van der Waals surface area contributed by atoms with Gasteiger partial charge in [-0.25, -0.2) is 0 Å². The zero-order valence-electron chi connectivity index (χ0n) is 15.5. The van der Waals surface area contributed by atoms with Gasteiger partial charge in [-0.05, 0) is 44.6 Å². The van der Waals surface area contributed by atoms with E-state index in [0.29, 0.717) is 29.2 Å². The fraction of sp³-hybridized carbons (Fsp3) is 0.550. The normalized spacial score (nSPS) is 19.1. The molecule has 1 saturated carbocycles. The molecular formula is C20H24N2O5. The number of hydrogen-bond donors (Lipinski definition) is 1. The molecule has 2 amide bonds. The molecule has 144 valence electrons. The lowest BCUT2D eigenvalue weighted by atomic mass is 9.93. The third-order valence-corrected chi connectivity index (χ3v) is 5.49. The number of carbonyl (C=O) groups is 3. The van der Waals surface area contributed by atoms with Gasteiger partial charge in [-0.3, -0.25) is 14.4 Å². The van der Waals surface area contributed by atoms with E-state index in [1.165, 1.54) is 6.92 Å². The topological polar surface area (TPSA) is 84.9 Å². The summed E-state index contributed by atoms with van der Waals surface area (Å²) in [5, 5.41) is 2.86. The van der Waals surface area contributed by atoms with E-state index in [-0.39, 0.29) is 36.2 Å². The molecule has 2 fully saturated rings. The monoisotopic (exact) mass is 372 g/mol. The molecule has 2 aliphatic heterocycles. The van der Waals surface area contributed by atoms with Crippen LogP contribution in [0.3, 0.4) is 0 Å². The zero-order chi connectivity index (χ0) is 19.0. The van der Waals surface area contributed by atoms with E-state index in [0.717, 1.165) is 38.8 Å². The third-order valence-electron chi connectivity index (χ3n) is 5.49. The highest BCUT2D eigenvalue weighted by Crippen LogP contribution is 2.37. The number of rotatable bonds is 5. The Kier molecular flexibility index (Phi) is 4.76. The van der Waals surface area contributed by atoms with E-state index in [1.54, 1.807) is 12.1 Å². The summed E-state index contributed by atoms with van der Waals surface area (Å²) in [7, 11) is 0.